The lowest BCUT2D eigenvalue weighted by atomic mass is 10.0. The molecule has 1 aromatic heterocycles. The quantitative estimate of drug-likeness (QED) is 0.0588. The number of alkyl halides is 3. The van der Waals surface area contributed by atoms with Gasteiger partial charge in [-0.3, -0.25) is 14.6 Å². The smallest absolute Gasteiger partial charge is 0.490 e. The van der Waals surface area contributed by atoms with Crippen LogP contribution >= 0.6 is 0 Å². The fourth-order valence-corrected chi connectivity index (χ4v) is 6.56. The monoisotopic (exact) mass is 851 g/mol. The van der Waals surface area contributed by atoms with Crippen LogP contribution < -0.4 is 19.5 Å². The number of Topliss-reactive ketones (excluding diaryl/α,β-unsaturated/α-hetero) is 1. The minimum atomic E-state index is -5.08. The molecule has 0 saturated carbocycles. The zero-order chi connectivity index (χ0) is 43.5. The standard InChI is InChI=1S/C41H40FN3O7S.C2HF3O2/c1-50-38-17-11-33(22-35(38)42)37(46)15-18-41(47)45(26-30-8-16-39-40(21-30)52-27-51-39)25-29-3-9-32(10-4-29)36-14-7-31(24-44-36)23-43-20-19-28-5-12-34(13-6-28)53(2,48)49;3-2(4,5)1(6)7/h3-14,16-17,21-22,24,43H,15,18-20,23,25-27H2,1-2H3;(H,6,7). The van der Waals surface area contributed by atoms with Crippen LogP contribution in [0.4, 0.5) is 17.6 Å². The van der Waals surface area contributed by atoms with Crippen molar-refractivity contribution in [3.05, 3.63) is 137 Å². The maximum atomic E-state index is 14.2. The van der Waals surface area contributed by atoms with Crippen molar-refractivity contribution in [2.45, 2.75) is 50.0 Å². The predicted octanol–water partition coefficient (Wildman–Crippen LogP) is 7.19. The molecule has 60 heavy (non-hydrogen) atoms. The normalized spacial score (nSPS) is 12.0. The molecule has 6 rings (SSSR count). The highest BCUT2D eigenvalue weighted by molar-refractivity contribution is 7.90. The number of carboxylic acid groups (broad SMARTS) is 1. The predicted molar refractivity (Wildman–Crippen MR) is 212 cm³/mol. The van der Waals surface area contributed by atoms with Gasteiger partial charge in [0.15, 0.2) is 38.7 Å². The first-order chi connectivity index (χ1) is 28.5. The Morgan fingerprint density at radius 1 is 0.833 bits per heavy atom. The molecule has 0 fully saturated rings. The van der Waals surface area contributed by atoms with Gasteiger partial charge in [0.25, 0.3) is 0 Å². The van der Waals surface area contributed by atoms with Crippen molar-refractivity contribution in [3.8, 4) is 28.5 Å². The number of benzene rings is 4. The number of sulfone groups is 1. The van der Waals surface area contributed by atoms with E-state index >= 15 is 0 Å². The lowest BCUT2D eigenvalue weighted by Crippen LogP contribution is -2.30. The van der Waals surface area contributed by atoms with Crippen molar-refractivity contribution in [2.75, 3.05) is 26.7 Å². The number of amides is 1. The van der Waals surface area contributed by atoms with Gasteiger partial charge in [0.2, 0.25) is 12.7 Å². The zero-order valence-electron chi connectivity index (χ0n) is 32.5. The summed E-state index contributed by atoms with van der Waals surface area (Å²) in [5.41, 5.74) is 5.77. The summed E-state index contributed by atoms with van der Waals surface area (Å²) in [6.07, 6.45) is -1.39. The van der Waals surface area contributed by atoms with E-state index in [-0.39, 0.29) is 49.2 Å². The van der Waals surface area contributed by atoms with Gasteiger partial charge in [-0.2, -0.15) is 13.2 Å². The highest BCUT2D eigenvalue weighted by Gasteiger charge is 2.38. The zero-order valence-corrected chi connectivity index (χ0v) is 33.3. The molecule has 316 valence electrons. The Balaban J connectivity index is 0.000000896. The van der Waals surface area contributed by atoms with E-state index in [1.54, 1.807) is 17.0 Å². The number of carbonyl (C=O) groups is 3. The van der Waals surface area contributed by atoms with E-state index < -0.39 is 27.8 Å². The molecular formula is C43H41F4N3O9S. The molecule has 4 aromatic carbocycles. The molecule has 1 aliphatic heterocycles. The van der Waals surface area contributed by atoms with Gasteiger partial charge in [-0.05, 0) is 83.8 Å². The van der Waals surface area contributed by atoms with Gasteiger partial charge >= 0.3 is 12.1 Å². The number of rotatable bonds is 16. The maximum absolute atomic E-state index is 14.2. The number of aliphatic carboxylic acids is 1. The Labute approximate surface area is 343 Å². The molecular weight excluding hydrogens is 811 g/mol. The van der Waals surface area contributed by atoms with Crippen LogP contribution in [0.2, 0.25) is 0 Å². The number of ketones is 1. The molecule has 1 amide bonds. The summed E-state index contributed by atoms with van der Waals surface area (Å²) in [5.74, 6) is -2.63. The van der Waals surface area contributed by atoms with Crippen LogP contribution in [0.1, 0.15) is 45.5 Å². The fraction of sp³-hybridized carbons (Fsp3) is 0.256. The third-order valence-corrected chi connectivity index (χ3v) is 10.3. The van der Waals surface area contributed by atoms with Crippen LogP contribution in [0.5, 0.6) is 17.2 Å². The van der Waals surface area contributed by atoms with Crippen LogP contribution in [0.3, 0.4) is 0 Å². The summed E-state index contributed by atoms with van der Waals surface area (Å²) in [7, 11) is -1.85. The first kappa shape index (κ1) is 44.8. The van der Waals surface area contributed by atoms with Gasteiger partial charge in [0.05, 0.1) is 17.7 Å². The number of fused-ring (bicyclic) bond motifs is 1. The van der Waals surface area contributed by atoms with Crippen LogP contribution in [0.15, 0.2) is 108 Å². The number of methoxy groups -OCH3 is 1. The van der Waals surface area contributed by atoms with Crippen molar-refractivity contribution in [2.24, 2.45) is 0 Å². The Morgan fingerprint density at radius 3 is 2.08 bits per heavy atom. The third-order valence-electron chi connectivity index (χ3n) is 9.16. The molecule has 12 nitrogen and oxygen atoms in total. The third kappa shape index (κ3) is 12.8. The van der Waals surface area contributed by atoms with Crippen molar-refractivity contribution >= 4 is 27.5 Å². The average Bonchev–Trinajstić information content (AvgIpc) is 3.69. The first-order valence-electron chi connectivity index (χ1n) is 18.4. The van der Waals surface area contributed by atoms with E-state index in [1.807, 2.05) is 72.9 Å². The molecule has 0 spiro atoms. The number of nitrogens with zero attached hydrogens (tertiary/aromatic N) is 2. The summed E-state index contributed by atoms with van der Waals surface area (Å²) in [6, 6.07) is 28.4. The minimum absolute atomic E-state index is 0.0429. The van der Waals surface area contributed by atoms with Crippen molar-refractivity contribution in [3.63, 3.8) is 0 Å². The molecule has 0 aliphatic carbocycles. The summed E-state index contributed by atoms with van der Waals surface area (Å²) in [6.45, 7) is 2.11. The highest BCUT2D eigenvalue weighted by atomic mass is 32.2. The maximum Gasteiger partial charge on any atom is 0.490 e. The van der Waals surface area contributed by atoms with E-state index in [0.717, 1.165) is 52.5 Å². The Kier molecular flexibility index (Phi) is 15.0. The molecule has 2 N–H and O–H groups in total. The molecule has 0 unspecified atom stereocenters. The van der Waals surface area contributed by atoms with Crippen LogP contribution in [-0.4, -0.2) is 73.9 Å². The van der Waals surface area contributed by atoms with E-state index in [9.17, 15) is 35.6 Å². The number of carbonyl (C=O) groups excluding carboxylic acids is 2. The highest BCUT2D eigenvalue weighted by Crippen LogP contribution is 2.33. The molecule has 1 aliphatic rings. The average molecular weight is 852 g/mol. The number of ether oxygens (including phenoxy) is 3. The summed E-state index contributed by atoms with van der Waals surface area (Å²) < 4.78 is 85.2. The lowest BCUT2D eigenvalue weighted by Gasteiger charge is -2.23. The van der Waals surface area contributed by atoms with Crippen molar-refractivity contribution in [1.29, 1.82) is 0 Å². The van der Waals surface area contributed by atoms with Gasteiger partial charge in [-0.15, -0.1) is 0 Å². The Hall–Kier alpha value is -6.33. The Morgan fingerprint density at radius 2 is 1.47 bits per heavy atom. The van der Waals surface area contributed by atoms with E-state index in [4.69, 9.17) is 24.1 Å². The molecule has 0 saturated heterocycles. The minimum Gasteiger partial charge on any atom is -0.494 e. The van der Waals surface area contributed by atoms with Crippen LogP contribution in [0, 0.1) is 5.82 Å². The molecule has 5 aromatic rings. The molecule has 0 bridgehead atoms. The number of carboxylic acids is 1. The molecule has 17 heteroatoms. The number of pyridine rings is 1. The number of nitrogens with one attached hydrogen (secondary N) is 1. The SMILES string of the molecule is COc1ccc(C(=O)CCC(=O)N(Cc2ccc(-c3ccc(CNCCc4ccc(S(C)(=O)=O)cc4)cn3)cc2)Cc2ccc3c(c2)OCO3)cc1F.O=C(O)C(F)(F)F. The first-order valence-corrected chi connectivity index (χ1v) is 20.3. The van der Waals surface area contributed by atoms with Crippen molar-refractivity contribution in [1.82, 2.24) is 15.2 Å². The fourth-order valence-electron chi connectivity index (χ4n) is 5.92. The topological polar surface area (TPSA) is 161 Å². The largest absolute Gasteiger partial charge is 0.494 e. The van der Waals surface area contributed by atoms with Crippen molar-refractivity contribution < 1.29 is 59.7 Å². The Bertz CT molecular complexity index is 2390. The van der Waals surface area contributed by atoms with Gasteiger partial charge in [-0.1, -0.05) is 48.5 Å². The number of halogens is 4. The second kappa shape index (κ2) is 20.1. The van der Waals surface area contributed by atoms with Gasteiger partial charge in [-0.25, -0.2) is 17.6 Å². The van der Waals surface area contributed by atoms with Gasteiger partial charge in [0, 0.05) is 56.1 Å². The number of hydrogen-bond donors (Lipinski definition) is 2. The molecule has 0 radical (unpaired) electrons. The van der Waals surface area contributed by atoms with E-state index in [0.29, 0.717) is 29.5 Å². The second-order valence-corrected chi connectivity index (χ2v) is 15.6. The molecule has 0 atom stereocenters. The molecule has 2 heterocycles. The second-order valence-electron chi connectivity index (χ2n) is 13.6. The number of aromatic nitrogens is 1. The summed E-state index contributed by atoms with van der Waals surface area (Å²) >= 11 is 0. The summed E-state index contributed by atoms with van der Waals surface area (Å²) in [4.78, 5) is 42.1. The summed E-state index contributed by atoms with van der Waals surface area (Å²) in [5, 5.41) is 10.5. The van der Waals surface area contributed by atoms with Gasteiger partial charge in [0.1, 0.15) is 0 Å². The van der Waals surface area contributed by atoms with Gasteiger partial charge < -0.3 is 29.5 Å². The number of hydrogen-bond acceptors (Lipinski definition) is 10. The van der Waals surface area contributed by atoms with E-state index in [2.05, 4.69) is 10.3 Å². The van der Waals surface area contributed by atoms with Crippen LogP contribution in [0.25, 0.3) is 11.3 Å². The lowest BCUT2D eigenvalue weighted by molar-refractivity contribution is -0.192. The van der Waals surface area contributed by atoms with Crippen LogP contribution in [-0.2, 0) is 45.5 Å². The van der Waals surface area contributed by atoms with E-state index in [1.165, 1.54) is 25.5 Å².